The fourth-order valence-corrected chi connectivity index (χ4v) is 2.00. The van der Waals surface area contributed by atoms with Gasteiger partial charge in [0, 0.05) is 17.3 Å². The van der Waals surface area contributed by atoms with Gasteiger partial charge in [-0.2, -0.15) is 0 Å². The van der Waals surface area contributed by atoms with Crippen LogP contribution >= 0.6 is 0 Å². The third kappa shape index (κ3) is 1.56. The van der Waals surface area contributed by atoms with Gasteiger partial charge in [-0.15, -0.1) is 0 Å². The zero-order valence-electron chi connectivity index (χ0n) is 9.16. The van der Waals surface area contributed by atoms with Crippen molar-refractivity contribution in [1.82, 2.24) is 4.40 Å². The smallest absolute Gasteiger partial charge is 0.258 e. The van der Waals surface area contributed by atoms with Crippen LogP contribution in [-0.2, 0) is 12.8 Å². The van der Waals surface area contributed by atoms with Crippen LogP contribution in [0.3, 0.4) is 0 Å². The molecule has 0 aliphatic carbocycles. The Bertz CT molecular complexity index is 540. The van der Waals surface area contributed by atoms with E-state index in [0.29, 0.717) is 0 Å². The maximum atomic E-state index is 12.1. The lowest BCUT2D eigenvalue weighted by Crippen LogP contribution is -2.19. The van der Waals surface area contributed by atoms with Gasteiger partial charge in [0.25, 0.3) is 5.56 Å². The van der Waals surface area contributed by atoms with E-state index in [0.717, 1.165) is 23.9 Å². The highest BCUT2D eigenvalue weighted by Crippen LogP contribution is 2.10. The first-order valence-corrected chi connectivity index (χ1v) is 5.40. The van der Waals surface area contributed by atoms with Crippen molar-refractivity contribution in [1.29, 1.82) is 0 Å². The summed E-state index contributed by atoms with van der Waals surface area (Å²) in [5, 5.41) is 0. The predicted octanol–water partition coefficient (Wildman–Crippen LogP) is 2.42. The molecule has 15 heavy (non-hydrogen) atoms. The molecular weight excluding hydrogens is 186 g/mol. The summed E-state index contributed by atoms with van der Waals surface area (Å²) in [6.45, 7) is 4.12. The Labute approximate surface area is 89.2 Å². The van der Waals surface area contributed by atoms with Crippen LogP contribution in [0.2, 0.25) is 0 Å². The van der Waals surface area contributed by atoms with Gasteiger partial charge >= 0.3 is 0 Å². The van der Waals surface area contributed by atoms with E-state index >= 15 is 0 Å². The third-order valence-corrected chi connectivity index (χ3v) is 2.81. The lowest BCUT2D eigenvalue weighted by Gasteiger charge is -2.08. The van der Waals surface area contributed by atoms with Crippen LogP contribution < -0.4 is 5.56 Å². The highest BCUT2D eigenvalue weighted by Gasteiger charge is 2.06. The van der Waals surface area contributed by atoms with Crippen molar-refractivity contribution < 1.29 is 0 Å². The normalized spacial score (nSPS) is 10.8. The number of aromatic nitrogens is 1. The second kappa shape index (κ2) is 3.89. The van der Waals surface area contributed by atoms with Crippen molar-refractivity contribution in [2.45, 2.75) is 26.7 Å². The van der Waals surface area contributed by atoms with E-state index in [1.807, 2.05) is 31.3 Å². The van der Waals surface area contributed by atoms with Crippen LogP contribution in [0.1, 0.15) is 25.0 Å². The first kappa shape index (κ1) is 9.97. The molecule has 0 bridgehead atoms. The van der Waals surface area contributed by atoms with Gasteiger partial charge in [-0.05, 0) is 36.6 Å². The topological polar surface area (TPSA) is 21.5 Å². The molecule has 0 spiro atoms. The maximum absolute atomic E-state index is 12.1. The second-order valence-corrected chi connectivity index (χ2v) is 3.66. The molecule has 0 saturated carbocycles. The Morgan fingerprint density at radius 1 is 1.20 bits per heavy atom. The molecular formula is C13H15NO. The van der Waals surface area contributed by atoms with Gasteiger partial charge in [-0.25, -0.2) is 0 Å². The van der Waals surface area contributed by atoms with Crippen molar-refractivity contribution in [3.63, 3.8) is 0 Å². The molecule has 0 aliphatic heterocycles. The molecule has 2 rings (SSSR count). The molecule has 0 atom stereocenters. The van der Waals surface area contributed by atoms with Crippen molar-refractivity contribution in [3.8, 4) is 0 Å². The maximum Gasteiger partial charge on any atom is 0.258 e. The fourth-order valence-electron chi connectivity index (χ4n) is 2.00. The number of fused-ring (bicyclic) bond motifs is 1. The number of aryl methyl sites for hydroxylation is 1. The third-order valence-electron chi connectivity index (χ3n) is 2.81. The monoisotopic (exact) mass is 201 g/mol. The molecule has 2 aromatic rings. The van der Waals surface area contributed by atoms with Gasteiger partial charge in [-0.3, -0.25) is 9.20 Å². The molecule has 0 fully saturated rings. The Hall–Kier alpha value is -1.57. The van der Waals surface area contributed by atoms with E-state index in [9.17, 15) is 4.79 Å². The fraction of sp³-hybridized carbons (Fsp3) is 0.308. The summed E-state index contributed by atoms with van der Waals surface area (Å²) in [6.07, 6.45) is 3.56. The minimum Gasteiger partial charge on any atom is -0.284 e. The Balaban J connectivity index is 2.88. The van der Waals surface area contributed by atoms with E-state index in [1.165, 1.54) is 5.56 Å². The summed E-state index contributed by atoms with van der Waals surface area (Å²) in [5.74, 6) is 0. The van der Waals surface area contributed by atoms with Gasteiger partial charge < -0.3 is 0 Å². The van der Waals surface area contributed by atoms with Crippen LogP contribution in [0.15, 0.2) is 35.3 Å². The van der Waals surface area contributed by atoms with E-state index in [2.05, 4.69) is 13.0 Å². The number of pyridine rings is 2. The molecule has 2 nitrogen and oxygen atoms in total. The lowest BCUT2D eigenvalue weighted by atomic mass is 10.0. The summed E-state index contributed by atoms with van der Waals surface area (Å²) in [4.78, 5) is 12.1. The molecule has 0 aromatic carbocycles. The van der Waals surface area contributed by atoms with Gasteiger partial charge in [-0.1, -0.05) is 19.9 Å². The molecule has 0 N–H and O–H groups in total. The van der Waals surface area contributed by atoms with Gasteiger partial charge in [0.1, 0.15) is 0 Å². The van der Waals surface area contributed by atoms with E-state index < -0.39 is 0 Å². The number of nitrogens with zero attached hydrogens (tertiary/aromatic N) is 1. The van der Waals surface area contributed by atoms with Gasteiger partial charge in [0.05, 0.1) is 0 Å². The van der Waals surface area contributed by atoms with Gasteiger partial charge in [0.15, 0.2) is 0 Å². The molecule has 2 heteroatoms. The number of hydrogen-bond donors (Lipinski definition) is 0. The standard InChI is InChI=1S/C13H15NO/c1-3-10-9-11-7-5-6-8-14(11)13(15)12(10)4-2/h5-9H,3-4H2,1-2H3. The molecule has 0 amide bonds. The quantitative estimate of drug-likeness (QED) is 0.731. The lowest BCUT2D eigenvalue weighted by molar-refractivity contribution is 0.956. The highest BCUT2D eigenvalue weighted by molar-refractivity contribution is 5.50. The van der Waals surface area contributed by atoms with Crippen LogP contribution in [0.5, 0.6) is 0 Å². The molecule has 0 unspecified atom stereocenters. The summed E-state index contributed by atoms with van der Waals surface area (Å²) in [5.41, 5.74) is 3.24. The first-order valence-electron chi connectivity index (χ1n) is 5.40. The second-order valence-electron chi connectivity index (χ2n) is 3.66. The SMILES string of the molecule is CCc1cc2ccccn2c(=O)c1CC. The Morgan fingerprint density at radius 2 is 2.00 bits per heavy atom. The first-order chi connectivity index (χ1) is 7.27. The molecule has 0 saturated heterocycles. The molecule has 2 heterocycles. The highest BCUT2D eigenvalue weighted by atomic mass is 16.1. The molecule has 0 radical (unpaired) electrons. The molecule has 2 aromatic heterocycles. The number of hydrogen-bond acceptors (Lipinski definition) is 1. The molecule has 0 aliphatic rings. The van der Waals surface area contributed by atoms with E-state index in [-0.39, 0.29) is 5.56 Å². The Kier molecular flexibility index (Phi) is 2.58. The van der Waals surface area contributed by atoms with E-state index in [4.69, 9.17) is 0 Å². The zero-order valence-corrected chi connectivity index (χ0v) is 9.16. The van der Waals surface area contributed by atoms with Crippen LogP contribution in [0.25, 0.3) is 5.52 Å². The zero-order chi connectivity index (χ0) is 10.8. The van der Waals surface area contributed by atoms with Crippen molar-refractivity contribution >= 4 is 5.52 Å². The summed E-state index contributed by atoms with van der Waals surface area (Å²) in [7, 11) is 0. The van der Waals surface area contributed by atoms with Crippen LogP contribution in [-0.4, -0.2) is 4.40 Å². The minimum absolute atomic E-state index is 0.132. The summed E-state index contributed by atoms with van der Waals surface area (Å²) < 4.78 is 1.72. The minimum atomic E-state index is 0.132. The Morgan fingerprint density at radius 3 is 2.67 bits per heavy atom. The van der Waals surface area contributed by atoms with E-state index in [1.54, 1.807) is 4.40 Å². The largest absolute Gasteiger partial charge is 0.284 e. The average molecular weight is 201 g/mol. The van der Waals surface area contributed by atoms with Crippen LogP contribution in [0.4, 0.5) is 0 Å². The number of rotatable bonds is 2. The average Bonchev–Trinajstić information content (AvgIpc) is 2.29. The predicted molar refractivity (Wildman–Crippen MR) is 62.4 cm³/mol. The van der Waals surface area contributed by atoms with Crippen molar-refractivity contribution in [2.75, 3.05) is 0 Å². The van der Waals surface area contributed by atoms with Crippen LogP contribution in [0, 0.1) is 0 Å². The summed E-state index contributed by atoms with van der Waals surface area (Å²) in [6, 6.07) is 7.93. The van der Waals surface area contributed by atoms with Crippen molar-refractivity contribution in [3.05, 3.63) is 51.9 Å². The summed E-state index contributed by atoms with van der Waals surface area (Å²) >= 11 is 0. The molecule has 78 valence electrons. The van der Waals surface area contributed by atoms with Gasteiger partial charge in [0.2, 0.25) is 0 Å². The van der Waals surface area contributed by atoms with Crippen molar-refractivity contribution in [2.24, 2.45) is 0 Å².